The van der Waals surface area contributed by atoms with Gasteiger partial charge in [0, 0.05) is 19.3 Å². The number of rotatable bonds is 48. The molecular formula is C60H100O6. The molecule has 0 aliphatic heterocycles. The first-order valence-corrected chi connectivity index (χ1v) is 27.2. The van der Waals surface area contributed by atoms with Crippen LogP contribution in [0.2, 0.25) is 0 Å². The third kappa shape index (κ3) is 51.3. The second-order valence-electron chi connectivity index (χ2n) is 17.7. The van der Waals surface area contributed by atoms with Crippen molar-refractivity contribution in [2.75, 3.05) is 13.2 Å². The summed E-state index contributed by atoms with van der Waals surface area (Å²) in [6, 6.07) is 0. The summed E-state index contributed by atoms with van der Waals surface area (Å²) in [4.78, 5) is 38.0. The van der Waals surface area contributed by atoms with Gasteiger partial charge in [-0.3, -0.25) is 14.4 Å². The van der Waals surface area contributed by atoms with Crippen LogP contribution in [0.4, 0.5) is 0 Å². The molecular weight excluding hydrogens is 817 g/mol. The Kier molecular flexibility index (Phi) is 50.9. The van der Waals surface area contributed by atoms with Crippen molar-refractivity contribution in [1.82, 2.24) is 0 Å². The lowest BCUT2D eigenvalue weighted by Crippen LogP contribution is -2.30. The Hall–Kier alpha value is -3.67. The minimum Gasteiger partial charge on any atom is -0.462 e. The van der Waals surface area contributed by atoms with Gasteiger partial charge in [-0.05, 0) is 96.3 Å². The Morgan fingerprint density at radius 2 is 0.591 bits per heavy atom. The SMILES string of the molecule is CC/C=C\C/C=C\C/C=C\C/C=C\C/C=C\CCCCCC(=O)OCC(COC(=O)CCCC/C=C\C/C=C\C/C=C\CC)OC(=O)CCCCCCCCCCCCCCCCCCC. The Morgan fingerprint density at radius 1 is 0.318 bits per heavy atom. The normalized spacial score (nSPS) is 12.8. The van der Waals surface area contributed by atoms with E-state index in [0.29, 0.717) is 19.3 Å². The van der Waals surface area contributed by atoms with E-state index in [9.17, 15) is 14.4 Å². The van der Waals surface area contributed by atoms with Crippen molar-refractivity contribution in [2.45, 2.75) is 252 Å². The summed E-state index contributed by atoms with van der Waals surface area (Å²) in [5.74, 6) is -0.973. The molecule has 0 amide bonds. The van der Waals surface area contributed by atoms with Crippen LogP contribution in [-0.2, 0) is 28.6 Å². The van der Waals surface area contributed by atoms with Crippen molar-refractivity contribution < 1.29 is 28.6 Å². The van der Waals surface area contributed by atoms with Crippen LogP contribution >= 0.6 is 0 Å². The van der Waals surface area contributed by atoms with Crippen LogP contribution in [0.1, 0.15) is 245 Å². The van der Waals surface area contributed by atoms with Gasteiger partial charge in [0.25, 0.3) is 0 Å². The van der Waals surface area contributed by atoms with Crippen LogP contribution in [-0.4, -0.2) is 37.2 Å². The van der Waals surface area contributed by atoms with Gasteiger partial charge in [0.1, 0.15) is 13.2 Å². The summed E-state index contributed by atoms with van der Waals surface area (Å²) in [6.07, 6.45) is 71.2. The highest BCUT2D eigenvalue weighted by Gasteiger charge is 2.19. The molecule has 376 valence electrons. The van der Waals surface area contributed by atoms with E-state index >= 15 is 0 Å². The number of carbonyl (C=O) groups is 3. The first-order valence-electron chi connectivity index (χ1n) is 27.2. The Morgan fingerprint density at radius 3 is 0.955 bits per heavy atom. The Bertz CT molecular complexity index is 1330. The topological polar surface area (TPSA) is 78.9 Å². The van der Waals surface area contributed by atoms with Gasteiger partial charge in [-0.25, -0.2) is 0 Å². The number of esters is 3. The van der Waals surface area contributed by atoms with E-state index in [2.05, 4.69) is 118 Å². The van der Waals surface area contributed by atoms with Crippen molar-refractivity contribution in [3.05, 3.63) is 97.2 Å². The van der Waals surface area contributed by atoms with Crippen molar-refractivity contribution in [3.8, 4) is 0 Å². The number of carbonyl (C=O) groups excluding carboxylic acids is 3. The molecule has 1 atom stereocenters. The highest BCUT2D eigenvalue weighted by molar-refractivity contribution is 5.71. The van der Waals surface area contributed by atoms with Gasteiger partial charge in [0.2, 0.25) is 0 Å². The molecule has 0 aliphatic carbocycles. The van der Waals surface area contributed by atoms with Crippen LogP contribution in [0.3, 0.4) is 0 Å². The second kappa shape index (κ2) is 53.9. The molecule has 0 aromatic carbocycles. The van der Waals surface area contributed by atoms with E-state index in [1.165, 1.54) is 89.9 Å². The van der Waals surface area contributed by atoms with Gasteiger partial charge in [-0.2, -0.15) is 0 Å². The maximum atomic E-state index is 12.8. The Balaban J connectivity index is 4.45. The lowest BCUT2D eigenvalue weighted by Gasteiger charge is -2.18. The molecule has 0 aromatic rings. The molecule has 0 bridgehead atoms. The van der Waals surface area contributed by atoms with Gasteiger partial charge in [-0.1, -0.05) is 227 Å². The van der Waals surface area contributed by atoms with Gasteiger partial charge in [-0.15, -0.1) is 0 Å². The van der Waals surface area contributed by atoms with E-state index in [1.54, 1.807) is 0 Å². The zero-order valence-electron chi connectivity index (χ0n) is 42.9. The van der Waals surface area contributed by atoms with Crippen LogP contribution < -0.4 is 0 Å². The summed E-state index contributed by atoms with van der Waals surface area (Å²) in [6.45, 7) is 6.35. The molecule has 0 N–H and O–H groups in total. The van der Waals surface area contributed by atoms with E-state index in [1.807, 2.05) is 0 Å². The number of ether oxygens (including phenoxy) is 3. The van der Waals surface area contributed by atoms with Crippen molar-refractivity contribution >= 4 is 17.9 Å². The summed E-state index contributed by atoms with van der Waals surface area (Å²) < 4.78 is 16.8. The number of unbranched alkanes of at least 4 members (excludes halogenated alkanes) is 21. The average molecular weight is 917 g/mol. The van der Waals surface area contributed by atoms with Crippen LogP contribution in [0.25, 0.3) is 0 Å². The molecule has 0 heterocycles. The van der Waals surface area contributed by atoms with Crippen molar-refractivity contribution in [1.29, 1.82) is 0 Å². The predicted octanol–water partition coefficient (Wildman–Crippen LogP) is 18.1. The number of hydrogen-bond donors (Lipinski definition) is 0. The first kappa shape index (κ1) is 62.3. The third-order valence-electron chi connectivity index (χ3n) is 11.3. The molecule has 0 spiro atoms. The Labute approximate surface area is 407 Å². The van der Waals surface area contributed by atoms with E-state index in [4.69, 9.17) is 14.2 Å². The van der Waals surface area contributed by atoms with Crippen molar-refractivity contribution in [2.24, 2.45) is 0 Å². The molecule has 1 unspecified atom stereocenters. The summed E-state index contributed by atoms with van der Waals surface area (Å²) in [5.41, 5.74) is 0. The standard InChI is InChI=1S/C60H100O6/c1-4-7-10-13-16-19-22-25-27-29-30-32-33-35-38-41-44-47-50-53-59(62)65-56-57(55-64-58(61)52-49-46-43-40-37-24-21-18-15-12-9-6-3)66-60(63)54-51-48-45-42-39-36-34-31-28-26-23-20-17-14-11-8-5-2/h7,9-10,12,16,18-19,21,25,27,30,32,35,37-38,40,57H,4-6,8,11,13-15,17,20,22-24,26,28-29,31,33-34,36,39,41-56H2,1-3H3/b10-7-,12-9-,19-16-,21-18-,27-25-,32-30-,38-35-,40-37-. The molecule has 66 heavy (non-hydrogen) atoms. The quantitative estimate of drug-likeness (QED) is 0.0262. The summed E-state index contributed by atoms with van der Waals surface area (Å²) in [5, 5.41) is 0. The van der Waals surface area contributed by atoms with Gasteiger partial charge >= 0.3 is 17.9 Å². The van der Waals surface area contributed by atoms with Gasteiger partial charge in [0.05, 0.1) is 0 Å². The molecule has 0 aliphatic rings. The zero-order valence-corrected chi connectivity index (χ0v) is 42.9. The largest absolute Gasteiger partial charge is 0.462 e. The number of allylic oxidation sites excluding steroid dienone is 16. The fourth-order valence-electron chi connectivity index (χ4n) is 7.31. The first-order chi connectivity index (χ1) is 32.5. The second-order valence-corrected chi connectivity index (χ2v) is 17.7. The third-order valence-corrected chi connectivity index (χ3v) is 11.3. The zero-order chi connectivity index (χ0) is 47.9. The molecule has 0 radical (unpaired) electrons. The monoisotopic (exact) mass is 917 g/mol. The predicted molar refractivity (Wildman–Crippen MR) is 284 cm³/mol. The molecule has 6 heteroatoms. The van der Waals surface area contributed by atoms with E-state index in [0.717, 1.165) is 116 Å². The molecule has 6 nitrogen and oxygen atoms in total. The number of hydrogen-bond acceptors (Lipinski definition) is 6. The van der Waals surface area contributed by atoms with Gasteiger partial charge in [0.15, 0.2) is 6.10 Å². The minimum absolute atomic E-state index is 0.106. The van der Waals surface area contributed by atoms with E-state index < -0.39 is 6.10 Å². The minimum atomic E-state index is -0.806. The van der Waals surface area contributed by atoms with Gasteiger partial charge < -0.3 is 14.2 Å². The molecule has 0 aromatic heterocycles. The molecule has 0 fully saturated rings. The van der Waals surface area contributed by atoms with Crippen LogP contribution in [0, 0.1) is 0 Å². The van der Waals surface area contributed by atoms with Crippen LogP contribution in [0.5, 0.6) is 0 Å². The summed E-state index contributed by atoms with van der Waals surface area (Å²) >= 11 is 0. The lowest BCUT2D eigenvalue weighted by atomic mass is 10.0. The highest BCUT2D eigenvalue weighted by Crippen LogP contribution is 2.15. The molecule has 0 saturated carbocycles. The fraction of sp³-hybridized carbons (Fsp3) is 0.683. The lowest BCUT2D eigenvalue weighted by molar-refractivity contribution is -0.167. The molecule has 0 saturated heterocycles. The molecule has 0 rings (SSSR count). The average Bonchev–Trinajstić information content (AvgIpc) is 3.31. The highest BCUT2D eigenvalue weighted by atomic mass is 16.6. The summed E-state index contributed by atoms with van der Waals surface area (Å²) in [7, 11) is 0. The maximum absolute atomic E-state index is 12.8. The maximum Gasteiger partial charge on any atom is 0.306 e. The fourth-order valence-corrected chi connectivity index (χ4v) is 7.31. The van der Waals surface area contributed by atoms with Crippen molar-refractivity contribution in [3.63, 3.8) is 0 Å². The van der Waals surface area contributed by atoms with Crippen LogP contribution in [0.15, 0.2) is 97.2 Å². The smallest absolute Gasteiger partial charge is 0.306 e. The van der Waals surface area contributed by atoms with E-state index in [-0.39, 0.29) is 31.1 Å².